The maximum Gasteiger partial charge on any atom is 0.419 e. The number of carbonyl (C=O) groups is 1. The summed E-state index contributed by atoms with van der Waals surface area (Å²) in [6.45, 7) is 1.84. The Morgan fingerprint density at radius 2 is 2.17 bits per heavy atom. The predicted octanol–water partition coefficient (Wildman–Crippen LogP) is 2.64. The largest absolute Gasteiger partial charge is 0.444 e. The lowest BCUT2D eigenvalue weighted by Crippen LogP contribution is -2.24. The van der Waals surface area contributed by atoms with E-state index in [0.717, 1.165) is 16.8 Å². The molecule has 0 atom stereocenters. The fraction of sp³-hybridized carbons (Fsp3) is 0.154. The Bertz CT molecular complexity index is 486. The number of carbonyl (C=O) groups excluding carboxylic acids is 1. The third-order valence-electron chi connectivity index (χ3n) is 2.10. The summed E-state index contributed by atoms with van der Waals surface area (Å²) < 4.78 is 5.01. The van der Waals surface area contributed by atoms with Gasteiger partial charge in [-0.2, -0.15) is 5.26 Å². The monoisotopic (exact) mass is 243 g/mol. The molecule has 5 nitrogen and oxygen atoms in total. The Balaban J connectivity index is 2.56. The first-order valence-corrected chi connectivity index (χ1v) is 5.28. The molecule has 92 valence electrons. The van der Waals surface area contributed by atoms with Gasteiger partial charge in [0.15, 0.2) is 0 Å². The number of hydrogen-bond acceptors (Lipinski definition) is 4. The van der Waals surface area contributed by atoms with Gasteiger partial charge in [-0.05, 0) is 24.6 Å². The second kappa shape index (κ2) is 6.86. The summed E-state index contributed by atoms with van der Waals surface area (Å²) in [6.07, 6.45) is 3.33. The average molecular weight is 243 g/mol. The molecule has 0 saturated heterocycles. The first-order valence-electron chi connectivity index (χ1n) is 5.28. The van der Waals surface area contributed by atoms with E-state index in [2.05, 4.69) is 0 Å². The standard InChI is InChI=1S/C13H13N3O2/c1-2-7-16(10-15)13(17)18-9-12-5-3-11(8-14)4-6-12/h2-7,10,15H,9H2,1H3/b7-2-,15-10?. The van der Waals surface area contributed by atoms with Crippen LogP contribution in [0.3, 0.4) is 0 Å². The maximum absolute atomic E-state index is 11.5. The molecule has 0 unspecified atom stereocenters. The van der Waals surface area contributed by atoms with Crippen LogP contribution in [0.4, 0.5) is 4.79 Å². The van der Waals surface area contributed by atoms with Crippen LogP contribution in [-0.2, 0) is 11.3 Å². The zero-order valence-corrected chi connectivity index (χ0v) is 9.96. The molecule has 0 heterocycles. The van der Waals surface area contributed by atoms with Crippen molar-refractivity contribution >= 4 is 12.4 Å². The van der Waals surface area contributed by atoms with Crippen LogP contribution >= 0.6 is 0 Å². The van der Waals surface area contributed by atoms with Gasteiger partial charge in [-0.1, -0.05) is 18.2 Å². The van der Waals surface area contributed by atoms with E-state index in [1.54, 1.807) is 37.3 Å². The molecule has 0 aliphatic carbocycles. The number of nitrogens with one attached hydrogen (secondary N) is 1. The number of nitriles is 1. The molecule has 1 aromatic carbocycles. The molecule has 5 heteroatoms. The first-order chi connectivity index (χ1) is 8.71. The van der Waals surface area contributed by atoms with Crippen molar-refractivity contribution in [1.82, 2.24) is 4.90 Å². The molecule has 0 aromatic heterocycles. The van der Waals surface area contributed by atoms with E-state index in [-0.39, 0.29) is 6.61 Å². The zero-order valence-electron chi connectivity index (χ0n) is 9.96. The highest BCUT2D eigenvalue weighted by atomic mass is 16.6. The summed E-state index contributed by atoms with van der Waals surface area (Å²) in [7, 11) is 0. The van der Waals surface area contributed by atoms with E-state index >= 15 is 0 Å². The van der Waals surface area contributed by atoms with Crippen LogP contribution in [0, 0.1) is 16.7 Å². The van der Waals surface area contributed by atoms with Gasteiger partial charge in [-0.15, -0.1) is 0 Å². The summed E-state index contributed by atoms with van der Waals surface area (Å²) in [5.74, 6) is 0. The molecule has 0 bridgehead atoms. The van der Waals surface area contributed by atoms with Crippen molar-refractivity contribution in [1.29, 1.82) is 10.7 Å². The van der Waals surface area contributed by atoms with Crippen LogP contribution in [0.15, 0.2) is 36.5 Å². The number of benzene rings is 1. The van der Waals surface area contributed by atoms with Gasteiger partial charge in [0.05, 0.1) is 18.0 Å². The molecule has 0 spiro atoms. The van der Waals surface area contributed by atoms with E-state index in [1.807, 2.05) is 6.07 Å². The van der Waals surface area contributed by atoms with Crippen molar-refractivity contribution in [2.24, 2.45) is 0 Å². The van der Waals surface area contributed by atoms with Crippen LogP contribution < -0.4 is 0 Å². The summed E-state index contributed by atoms with van der Waals surface area (Å²) in [4.78, 5) is 12.5. The molecule has 0 aliphatic heterocycles. The number of amides is 1. The third-order valence-corrected chi connectivity index (χ3v) is 2.10. The fourth-order valence-electron chi connectivity index (χ4n) is 1.21. The van der Waals surface area contributed by atoms with Crippen LogP contribution in [0.5, 0.6) is 0 Å². The minimum Gasteiger partial charge on any atom is -0.444 e. The van der Waals surface area contributed by atoms with E-state index in [0.29, 0.717) is 5.56 Å². The molecular formula is C13H13N3O2. The maximum atomic E-state index is 11.5. The Morgan fingerprint density at radius 3 is 2.67 bits per heavy atom. The summed E-state index contributed by atoms with van der Waals surface area (Å²) in [5, 5.41) is 15.7. The third kappa shape index (κ3) is 3.76. The van der Waals surface area contributed by atoms with Crippen molar-refractivity contribution in [2.45, 2.75) is 13.5 Å². The number of allylic oxidation sites excluding steroid dienone is 1. The average Bonchev–Trinajstić information content (AvgIpc) is 2.42. The quantitative estimate of drug-likeness (QED) is 0.652. The Labute approximate surface area is 105 Å². The van der Waals surface area contributed by atoms with Gasteiger partial charge in [0.1, 0.15) is 6.61 Å². The predicted molar refractivity (Wildman–Crippen MR) is 66.8 cm³/mol. The van der Waals surface area contributed by atoms with Gasteiger partial charge < -0.3 is 4.74 Å². The van der Waals surface area contributed by atoms with E-state index in [1.165, 1.54) is 6.20 Å². The molecular weight excluding hydrogens is 230 g/mol. The van der Waals surface area contributed by atoms with Crippen molar-refractivity contribution < 1.29 is 9.53 Å². The lowest BCUT2D eigenvalue weighted by Gasteiger charge is -2.12. The minimum atomic E-state index is -0.618. The van der Waals surface area contributed by atoms with Crippen LogP contribution in [0.1, 0.15) is 18.1 Å². The SMILES string of the molecule is C/C=C\N(C=N)C(=O)OCc1ccc(C#N)cc1. The van der Waals surface area contributed by atoms with Crippen LogP contribution in [-0.4, -0.2) is 17.3 Å². The number of nitrogens with zero attached hydrogens (tertiary/aromatic N) is 2. The molecule has 0 saturated carbocycles. The molecule has 1 rings (SSSR count). The fourth-order valence-corrected chi connectivity index (χ4v) is 1.21. The topological polar surface area (TPSA) is 77.2 Å². The van der Waals surface area contributed by atoms with Gasteiger partial charge >= 0.3 is 6.09 Å². The molecule has 0 fully saturated rings. The Hall–Kier alpha value is -2.61. The zero-order chi connectivity index (χ0) is 13.4. The van der Waals surface area contributed by atoms with Gasteiger partial charge in [0.2, 0.25) is 0 Å². The normalized spacial score (nSPS) is 9.78. The second-order valence-electron chi connectivity index (χ2n) is 3.38. The van der Waals surface area contributed by atoms with Crippen molar-refractivity contribution in [3.8, 4) is 6.07 Å². The highest BCUT2D eigenvalue weighted by molar-refractivity contribution is 5.82. The molecule has 1 amide bonds. The van der Waals surface area contributed by atoms with Gasteiger partial charge in [-0.25, -0.2) is 9.69 Å². The summed E-state index contributed by atoms with van der Waals surface area (Å²) in [5.41, 5.74) is 1.34. The minimum absolute atomic E-state index is 0.104. The molecule has 0 radical (unpaired) electrons. The van der Waals surface area contributed by atoms with E-state index < -0.39 is 6.09 Å². The van der Waals surface area contributed by atoms with Gasteiger partial charge in [0.25, 0.3) is 0 Å². The lowest BCUT2D eigenvalue weighted by atomic mass is 10.2. The number of ether oxygens (including phenoxy) is 1. The van der Waals surface area contributed by atoms with Gasteiger partial charge in [0, 0.05) is 6.20 Å². The number of hydrogen-bond donors (Lipinski definition) is 1. The number of rotatable bonds is 4. The summed E-state index contributed by atoms with van der Waals surface area (Å²) >= 11 is 0. The van der Waals surface area contributed by atoms with Crippen molar-refractivity contribution in [3.63, 3.8) is 0 Å². The highest BCUT2D eigenvalue weighted by Crippen LogP contribution is 2.06. The summed E-state index contributed by atoms with van der Waals surface area (Å²) in [6, 6.07) is 8.76. The highest BCUT2D eigenvalue weighted by Gasteiger charge is 2.09. The smallest absolute Gasteiger partial charge is 0.419 e. The van der Waals surface area contributed by atoms with E-state index in [4.69, 9.17) is 15.4 Å². The molecule has 1 N–H and O–H groups in total. The lowest BCUT2D eigenvalue weighted by molar-refractivity contribution is 0.126. The Morgan fingerprint density at radius 1 is 1.50 bits per heavy atom. The van der Waals surface area contributed by atoms with Crippen LogP contribution in [0.25, 0.3) is 0 Å². The van der Waals surface area contributed by atoms with Crippen molar-refractivity contribution in [3.05, 3.63) is 47.7 Å². The Kier molecular flexibility index (Phi) is 5.13. The second-order valence-corrected chi connectivity index (χ2v) is 3.38. The van der Waals surface area contributed by atoms with Crippen molar-refractivity contribution in [2.75, 3.05) is 0 Å². The first kappa shape index (κ1) is 13.5. The molecule has 18 heavy (non-hydrogen) atoms. The molecule has 0 aliphatic rings. The van der Waals surface area contributed by atoms with E-state index in [9.17, 15) is 4.79 Å². The van der Waals surface area contributed by atoms with Crippen LogP contribution in [0.2, 0.25) is 0 Å². The van der Waals surface area contributed by atoms with Gasteiger partial charge in [-0.3, -0.25) is 5.41 Å². The molecule has 1 aromatic rings.